The fraction of sp³-hybridized carbons (Fsp3) is 0.190. The number of Topliss-reactive ketones (excluding diaryl/α,β-unsaturated/α-hetero) is 3. The molecule has 0 unspecified atom stereocenters. The molecule has 0 aliphatic heterocycles. The highest BCUT2D eigenvalue weighted by molar-refractivity contribution is 6.39. The first-order valence-electron chi connectivity index (χ1n) is 7.85. The lowest BCUT2D eigenvalue weighted by Crippen LogP contribution is -2.32. The number of carbonyl (C=O) groups excluding carboxylic acids is 3. The summed E-state index contributed by atoms with van der Waals surface area (Å²) in [5, 5.41) is 0. The van der Waals surface area contributed by atoms with E-state index in [-0.39, 0.29) is 17.1 Å². The lowest BCUT2D eigenvalue weighted by atomic mass is 9.71. The summed E-state index contributed by atoms with van der Waals surface area (Å²) in [4.78, 5) is 39.0. The summed E-state index contributed by atoms with van der Waals surface area (Å²) in [5.41, 5.74) is 0.763. The number of hydrogen-bond donors (Lipinski definition) is 0. The van der Waals surface area contributed by atoms with E-state index in [1.807, 2.05) is 20.8 Å². The number of rotatable bonds is 2. The van der Waals surface area contributed by atoms with Gasteiger partial charge < -0.3 is 0 Å². The molecule has 0 spiro atoms. The Hall–Kier alpha value is -2.81. The number of allylic oxidation sites excluding steroid dienone is 2. The average molecular weight is 318 g/mol. The Morgan fingerprint density at radius 3 is 1.79 bits per heavy atom. The lowest BCUT2D eigenvalue weighted by molar-refractivity contribution is 0.0913. The van der Waals surface area contributed by atoms with Crippen molar-refractivity contribution >= 4 is 17.3 Å². The summed E-state index contributed by atoms with van der Waals surface area (Å²) in [7, 11) is 0. The number of fused-ring (bicyclic) bond motifs is 1. The van der Waals surface area contributed by atoms with Crippen molar-refractivity contribution in [3.63, 3.8) is 0 Å². The molecule has 0 saturated carbocycles. The van der Waals surface area contributed by atoms with Crippen LogP contribution in [0.15, 0.2) is 65.7 Å². The monoisotopic (exact) mass is 318 g/mol. The molecule has 2 aromatic rings. The number of hydrogen-bond acceptors (Lipinski definition) is 3. The van der Waals surface area contributed by atoms with Crippen molar-refractivity contribution in [2.45, 2.75) is 20.8 Å². The zero-order chi connectivity index (χ0) is 17.5. The van der Waals surface area contributed by atoms with Gasteiger partial charge in [-0.15, -0.1) is 0 Å². The van der Waals surface area contributed by atoms with Crippen molar-refractivity contribution in [3.8, 4) is 0 Å². The Morgan fingerprint density at radius 2 is 1.25 bits per heavy atom. The van der Waals surface area contributed by atoms with Gasteiger partial charge >= 0.3 is 0 Å². The minimum Gasteiger partial charge on any atom is -0.289 e. The molecule has 24 heavy (non-hydrogen) atoms. The molecular formula is C21H18O3. The van der Waals surface area contributed by atoms with Gasteiger partial charge in [0.1, 0.15) is 0 Å². The highest BCUT2D eigenvalue weighted by atomic mass is 16.2. The maximum atomic E-state index is 13.0. The summed E-state index contributed by atoms with van der Waals surface area (Å²) < 4.78 is 0. The fourth-order valence-electron chi connectivity index (χ4n) is 3.04. The van der Waals surface area contributed by atoms with Gasteiger partial charge in [0.15, 0.2) is 17.3 Å². The summed E-state index contributed by atoms with van der Waals surface area (Å²) in [6, 6.07) is 15.3. The van der Waals surface area contributed by atoms with E-state index < -0.39 is 11.2 Å². The minimum absolute atomic E-state index is 0.00241. The highest BCUT2D eigenvalue weighted by Gasteiger charge is 2.40. The molecule has 0 saturated heterocycles. The molecule has 3 heteroatoms. The van der Waals surface area contributed by atoms with Crippen LogP contribution in [0.2, 0.25) is 0 Å². The number of ketones is 3. The van der Waals surface area contributed by atoms with E-state index in [2.05, 4.69) is 0 Å². The van der Waals surface area contributed by atoms with Gasteiger partial charge in [-0.25, -0.2) is 0 Å². The zero-order valence-electron chi connectivity index (χ0n) is 13.9. The van der Waals surface area contributed by atoms with Crippen molar-refractivity contribution < 1.29 is 14.4 Å². The van der Waals surface area contributed by atoms with Crippen molar-refractivity contribution in [3.05, 3.63) is 82.4 Å². The molecule has 0 amide bonds. The Balaban J connectivity index is 2.28. The number of benzene rings is 2. The molecule has 3 rings (SSSR count). The second-order valence-corrected chi connectivity index (χ2v) is 6.90. The molecule has 0 bridgehead atoms. The molecule has 0 radical (unpaired) electrons. The van der Waals surface area contributed by atoms with Gasteiger partial charge in [0.2, 0.25) is 0 Å². The third-order valence-electron chi connectivity index (χ3n) is 4.13. The van der Waals surface area contributed by atoms with E-state index in [1.165, 1.54) is 0 Å². The minimum atomic E-state index is -0.611. The van der Waals surface area contributed by atoms with Crippen LogP contribution in [-0.4, -0.2) is 17.3 Å². The van der Waals surface area contributed by atoms with Gasteiger partial charge in [-0.2, -0.15) is 0 Å². The zero-order valence-corrected chi connectivity index (χ0v) is 13.9. The van der Waals surface area contributed by atoms with Gasteiger partial charge in [-0.3, -0.25) is 14.4 Å². The van der Waals surface area contributed by atoms with Crippen molar-refractivity contribution in [1.29, 1.82) is 0 Å². The topological polar surface area (TPSA) is 51.2 Å². The molecule has 1 aliphatic carbocycles. The van der Waals surface area contributed by atoms with Crippen LogP contribution in [-0.2, 0) is 0 Å². The van der Waals surface area contributed by atoms with Crippen LogP contribution < -0.4 is 0 Å². The maximum Gasteiger partial charge on any atom is 0.198 e. The van der Waals surface area contributed by atoms with Crippen LogP contribution in [0, 0.1) is 5.41 Å². The molecule has 2 aromatic carbocycles. The van der Waals surface area contributed by atoms with Crippen LogP contribution in [0.25, 0.3) is 0 Å². The largest absolute Gasteiger partial charge is 0.289 e. The van der Waals surface area contributed by atoms with Gasteiger partial charge in [-0.05, 0) is 5.41 Å². The van der Waals surface area contributed by atoms with Crippen molar-refractivity contribution in [2.75, 3.05) is 0 Å². The Kier molecular flexibility index (Phi) is 3.80. The Labute approximate surface area is 141 Å². The SMILES string of the molecule is CC(C)(C)C1=C(C(=O)c2ccccc2)C(=O)c2ccccc2C1=O. The standard InChI is InChI=1S/C21H18O3/c1-21(2,3)17-16(18(22)13-9-5-4-6-10-13)19(23)14-11-7-8-12-15(14)20(17)24/h4-12H,1-3H3. The molecule has 3 nitrogen and oxygen atoms in total. The van der Waals surface area contributed by atoms with Crippen LogP contribution in [0.1, 0.15) is 51.8 Å². The third-order valence-corrected chi connectivity index (χ3v) is 4.13. The predicted molar refractivity (Wildman–Crippen MR) is 92.4 cm³/mol. The molecule has 0 N–H and O–H groups in total. The molecule has 0 atom stereocenters. The van der Waals surface area contributed by atoms with E-state index in [4.69, 9.17) is 0 Å². The predicted octanol–water partition coefficient (Wildman–Crippen LogP) is 4.29. The maximum absolute atomic E-state index is 13.0. The first-order chi connectivity index (χ1) is 11.3. The number of carbonyl (C=O) groups is 3. The van der Waals surface area contributed by atoms with Gasteiger partial charge in [0, 0.05) is 22.3 Å². The van der Waals surface area contributed by atoms with Crippen molar-refractivity contribution in [2.24, 2.45) is 5.41 Å². The Morgan fingerprint density at radius 1 is 0.750 bits per heavy atom. The van der Waals surface area contributed by atoms with Crippen molar-refractivity contribution in [1.82, 2.24) is 0 Å². The quantitative estimate of drug-likeness (QED) is 0.613. The molecule has 0 aromatic heterocycles. The van der Waals surface area contributed by atoms with E-state index in [0.717, 1.165) is 0 Å². The van der Waals surface area contributed by atoms with E-state index in [0.29, 0.717) is 22.3 Å². The van der Waals surface area contributed by atoms with Gasteiger partial charge in [0.05, 0.1) is 5.57 Å². The first-order valence-corrected chi connectivity index (χ1v) is 7.85. The van der Waals surface area contributed by atoms with Gasteiger partial charge in [0.25, 0.3) is 0 Å². The van der Waals surface area contributed by atoms with Crippen LogP contribution >= 0.6 is 0 Å². The fourth-order valence-corrected chi connectivity index (χ4v) is 3.04. The van der Waals surface area contributed by atoms with Crippen LogP contribution in [0.3, 0.4) is 0 Å². The first kappa shape index (κ1) is 16.1. The second kappa shape index (κ2) is 5.68. The highest BCUT2D eigenvalue weighted by Crippen LogP contribution is 2.38. The summed E-state index contributed by atoms with van der Waals surface area (Å²) in [5.74, 6) is -1.01. The summed E-state index contributed by atoms with van der Waals surface area (Å²) in [6.45, 7) is 5.54. The second-order valence-electron chi connectivity index (χ2n) is 6.90. The van der Waals surface area contributed by atoms with Gasteiger partial charge in [-0.1, -0.05) is 75.4 Å². The molecule has 120 valence electrons. The van der Waals surface area contributed by atoms with E-state index in [1.54, 1.807) is 54.6 Å². The molecule has 0 fully saturated rings. The van der Waals surface area contributed by atoms with E-state index in [9.17, 15) is 14.4 Å². The van der Waals surface area contributed by atoms with E-state index >= 15 is 0 Å². The third kappa shape index (κ3) is 2.52. The Bertz CT molecular complexity index is 881. The molecule has 1 aliphatic rings. The van der Waals surface area contributed by atoms with Crippen LogP contribution in [0.4, 0.5) is 0 Å². The normalized spacial score (nSPS) is 14.6. The molecular weight excluding hydrogens is 300 g/mol. The summed E-state index contributed by atoms with van der Waals surface area (Å²) in [6.07, 6.45) is 0. The lowest BCUT2D eigenvalue weighted by Gasteiger charge is -2.29. The smallest absolute Gasteiger partial charge is 0.198 e. The van der Waals surface area contributed by atoms with Crippen LogP contribution in [0.5, 0.6) is 0 Å². The molecule has 0 heterocycles. The average Bonchev–Trinajstić information content (AvgIpc) is 2.57. The summed E-state index contributed by atoms with van der Waals surface area (Å²) >= 11 is 0.